The van der Waals surface area contributed by atoms with Crippen molar-refractivity contribution in [3.63, 3.8) is 0 Å². The van der Waals surface area contributed by atoms with Crippen LogP contribution in [-0.2, 0) is 19.6 Å². The zero-order chi connectivity index (χ0) is 14.6. The van der Waals surface area contributed by atoms with Crippen molar-refractivity contribution in [2.75, 3.05) is 0 Å². The van der Waals surface area contributed by atoms with Crippen LogP contribution in [-0.4, -0.2) is 21.1 Å². The Morgan fingerprint density at radius 2 is 1.95 bits per heavy atom. The molecule has 0 aliphatic rings. The second kappa shape index (κ2) is 7.33. The molecule has 21 heavy (non-hydrogen) atoms. The molecule has 0 saturated heterocycles. The maximum absolute atomic E-state index is 12.3. The van der Waals surface area contributed by atoms with Gasteiger partial charge < -0.3 is 10.4 Å². The second-order valence-corrected chi connectivity index (χ2v) is 4.37. The van der Waals surface area contributed by atoms with Crippen molar-refractivity contribution < 1.29 is 18.3 Å². The molecular weight excluding hydrogens is 307 g/mol. The van der Waals surface area contributed by atoms with E-state index in [1.165, 1.54) is 6.20 Å². The largest absolute Gasteiger partial charge is 0.508 e. The van der Waals surface area contributed by atoms with E-state index in [4.69, 9.17) is 0 Å². The SMILES string of the molecule is Cl.Oc1cccc(CNCc2ccnn2CC(F)(F)F)c1. The standard InChI is InChI=1S/C13H14F3N3O.ClH/c14-13(15,16)9-19-11(4-5-18-19)8-17-7-10-2-1-3-12(20)6-10;/h1-6,17,20H,7-9H2;1H. The third-order valence-electron chi connectivity index (χ3n) is 2.68. The van der Waals surface area contributed by atoms with Gasteiger partial charge in [0.25, 0.3) is 0 Å². The van der Waals surface area contributed by atoms with Gasteiger partial charge in [-0.25, -0.2) is 0 Å². The number of phenolic OH excluding ortho intramolecular Hbond substituents is 1. The normalized spacial score (nSPS) is 11.2. The first-order chi connectivity index (χ1) is 9.44. The molecule has 1 heterocycles. The van der Waals surface area contributed by atoms with Crippen LogP contribution in [0.2, 0.25) is 0 Å². The molecule has 4 nitrogen and oxygen atoms in total. The van der Waals surface area contributed by atoms with Crippen LogP contribution >= 0.6 is 12.4 Å². The lowest BCUT2D eigenvalue weighted by atomic mass is 10.2. The predicted molar refractivity (Wildman–Crippen MR) is 74.2 cm³/mol. The van der Waals surface area contributed by atoms with Gasteiger partial charge in [-0.05, 0) is 23.8 Å². The van der Waals surface area contributed by atoms with Crippen LogP contribution in [0.5, 0.6) is 5.75 Å². The van der Waals surface area contributed by atoms with Crippen molar-refractivity contribution in [1.82, 2.24) is 15.1 Å². The number of nitrogens with one attached hydrogen (secondary N) is 1. The number of aromatic nitrogens is 2. The van der Waals surface area contributed by atoms with Crippen molar-refractivity contribution >= 4 is 12.4 Å². The van der Waals surface area contributed by atoms with E-state index in [1.54, 1.807) is 24.3 Å². The van der Waals surface area contributed by atoms with E-state index in [0.717, 1.165) is 10.2 Å². The fourth-order valence-corrected chi connectivity index (χ4v) is 1.82. The first kappa shape index (κ1) is 17.3. The van der Waals surface area contributed by atoms with Crippen LogP contribution in [0.25, 0.3) is 0 Å². The number of rotatable bonds is 5. The van der Waals surface area contributed by atoms with Gasteiger partial charge in [0.05, 0.1) is 5.69 Å². The molecule has 0 unspecified atom stereocenters. The van der Waals surface area contributed by atoms with E-state index in [-0.39, 0.29) is 24.7 Å². The maximum Gasteiger partial charge on any atom is 0.408 e. The molecule has 0 radical (unpaired) electrons. The summed E-state index contributed by atoms with van der Waals surface area (Å²) in [5.74, 6) is 0.159. The monoisotopic (exact) mass is 321 g/mol. The predicted octanol–water partition coefficient (Wildman–Crippen LogP) is 2.86. The van der Waals surface area contributed by atoms with Crippen molar-refractivity contribution in [3.8, 4) is 5.75 Å². The smallest absolute Gasteiger partial charge is 0.408 e. The lowest BCUT2D eigenvalue weighted by Gasteiger charge is -2.11. The summed E-state index contributed by atoms with van der Waals surface area (Å²) >= 11 is 0. The maximum atomic E-state index is 12.3. The van der Waals surface area contributed by atoms with Crippen molar-refractivity contribution in [1.29, 1.82) is 0 Å². The zero-order valence-corrected chi connectivity index (χ0v) is 11.8. The summed E-state index contributed by atoms with van der Waals surface area (Å²) in [6, 6.07) is 8.23. The summed E-state index contributed by atoms with van der Waals surface area (Å²) in [7, 11) is 0. The number of phenols is 1. The van der Waals surface area contributed by atoms with Gasteiger partial charge >= 0.3 is 6.18 Å². The van der Waals surface area contributed by atoms with E-state index in [0.29, 0.717) is 12.2 Å². The summed E-state index contributed by atoms with van der Waals surface area (Å²) in [6.07, 6.45) is -2.94. The average molecular weight is 322 g/mol. The molecular formula is C13H15ClF3N3O. The first-order valence-electron chi connectivity index (χ1n) is 6.00. The highest BCUT2D eigenvalue weighted by Crippen LogP contribution is 2.18. The minimum atomic E-state index is -4.29. The average Bonchev–Trinajstić information content (AvgIpc) is 2.74. The Morgan fingerprint density at radius 1 is 1.19 bits per heavy atom. The van der Waals surface area contributed by atoms with E-state index in [2.05, 4.69) is 10.4 Å². The van der Waals surface area contributed by atoms with Crippen LogP contribution in [0, 0.1) is 0 Å². The molecule has 0 spiro atoms. The quantitative estimate of drug-likeness (QED) is 0.890. The topological polar surface area (TPSA) is 50.1 Å². The highest BCUT2D eigenvalue weighted by molar-refractivity contribution is 5.85. The minimum absolute atomic E-state index is 0. The van der Waals surface area contributed by atoms with E-state index >= 15 is 0 Å². The number of hydrogen-bond donors (Lipinski definition) is 2. The Balaban J connectivity index is 0.00000220. The molecule has 0 aliphatic carbocycles. The van der Waals surface area contributed by atoms with Crippen LogP contribution in [0.4, 0.5) is 13.2 Å². The number of nitrogens with zero attached hydrogens (tertiary/aromatic N) is 2. The molecule has 0 saturated carbocycles. The zero-order valence-electron chi connectivity index (χ0n) is 11.0. The second-order valence-electron chi connectivity index (χ2n) is 4.37. The number of alkyl halides is 3. The molecule has 0 amide bonds. The van der Waals surface area contributed by atoms with Gasteiger partial charge in [0.1, 0.15) is 12.3 Å². The molecule has 2 N–H and O–H groups in total. The van der Waals surface area contributed by atoms with E-state index < -0.39 is 12.7 Å². The summed E-state index contributed by atoms with van der Waals surface area (Å²) in [6.45, 7) is -0.375. The molecule has 1 aromatic carbocycles. The minimum Gasteiger partial charge on any atom is -0.508 e. The Morgan fingerprint density at radius 3 is 2.62 bits per heavy atom. The highest BCUT2D eigenvalue weighted by atomic mass is 35.5. The van der Waals surface area contributed by atoms with Crippen LogP contribution in [0.3, 0.4) is 0 Å². The first-order valence-corrected chi connectivity index (χ1v) is 6.00. The Hall–Kier alpha value is -1.73. The van der Waals surface area contributed by atoms with Crippen LogP contribution in [0.1, 0.15) is 11.3 Å². The van der Waals surface area contributed by atoms with Crippen LogP contribution in [0.15, 0.2) is 36.5 Å². The fourth-order valence-electron chi connectivity index (χ4n) is 1.82. The van der Waals surface area contributed by atoms with Gasteiger partial charge in [-0.3, -0.25) is 4.68 Å². The molecule has 1 aromatic heterocycles. The molecule has 2 rings (SSSR count). The number of benzene rings is 1. The van der Waals surface area contributed by atoms with E-state index in [1.807, 2.05) is 6.07 Å². The molecule has 0 atom stereocenters. The lowest BCUT2D eigenvalue weighted by molar-refractivity contribution is -0.143. The number of halogens is 4. The van der Waals surface area contributed by atoms with Crippen molar-refractivity contribution in [2.24, 2.45) is 0 Å². The molecule has 116 valence electrons. The van der Waals surface area contributed by atoms with Crippen LogP contribution < -0.4 is 5.32 Å². The van der Waals surface area contributed by atoms with E-state index in [9.17, 15) is 18.3 Å². The lowest BCUT2D eigenvalue weighted by Crippen LogP contribution is -2.23. The summed E-state index contributed by atoms with van der Waals surface area (Å²) in [5, 5.41) is 16.0. The number of aromatic hydroxyl groups is 1. The molecule has 2 aromatic rings. The van der Waals surface area contributed by atoms with Gasteiger partial charge in [0, 0.05) is 19.3 Å². The Kier molecular flexibility index (Phi) is 6.04. The third kappa shape index (κ3) is 5.65. The van der Waals surface area contributed by atoms with Gasteiger partial charge in [-0.15, -0.1) is 12.4 Å². The van der Waals surface area contributed by atoms with Crippen molar-refractivity contribution in [2.45, 2.75) is 25.8 Å². The Labute approximate surface area is 126 Å². The highest BCUT2D eigenvalue weighted by Gasteiger charge is 2.29. The van der Waals surface area contributed by atoms with Gasteiger partial charge in [-0.2, -0.15) is 18.3 Å². The molecule has 0 aliphatic heterocycles. The Bertz CT molecular complexity index is 572. The number of hydrogen-bond acceptors (Lipinski definition) is 3. The summed E-state index contributed by atoms with van der Waals surface area (Å²) in [4.78, 5) is 0. The summed E-state index contributed by atoms with van der Waals surface area (Å²) < 4.78 is 37.9. The van der Waals surface area contributed by atoms with Crippen molar-refractivity contribution in [3.05, 3.63) is 47.8 Å². The molecule has 0 bridgehead atoms. The van der Waals surface area contributed by atoms with Gasteiger partial charge in [0.15, 0.2) is 0 Å². The fraction of sp³-hybridized carbons (Fsp3) is 0.308. The van der Waals surface area contributed by atoms with Gasteiger partial charge in [0.2, 0.25) is 0 Å². The third-order valence-corrected chi connectivity index (χ3v) is 2.68. The van der Waals surface area contributed by atoms with Gasteiger partial charge in [-0.1, -0.05) is 12.1 Å². The molecule has 0 fully saturated rings. The summed E-state index contributed by atoms with van der Waals surface area (Å²) in [5.41, 5.74) is 1.31. The molecule has 8 heteroatoms.